The fraction of sp³-hybridized carbons (Fsp3) is 0.222. The van der Waals surface area contributed by atoms with Crippen LogP contribution < -0.4 is 0 Å². The van der Waals surface area contributed by atoms with Crippen LogP contribution in [0.5, 0.6) is 0 Å². The first kappa shape index (κ1) is 17.6. The molecule has 6 nitrogen and oxygen atoms in total. The predicted octanol–water partition coefficient (Wildman–Crippen LogP) is 1.92. The molecule has 0 radical (unpaired) electrons. The van der Waals surface area contributed by atoms with Crippen molar-refractivity contribution in [2.24, 2.45) is 5.92 Å². The van der Waals surface area contributed by atoms with Crippen molar-refractivity contribution in [1.29, 1.82) is 0 Å². The molecule has 0 unspecified atom stereocenters. The molecule has 0 aliphatic carbocycles. The third-order valence-electron chi connectivity index (χ3n) is 3.98. The quantitative estimate of drug-likeness (QED) is 0.724. The number of hydrogen-bond donors (Lipinski definition) is 1. The second-order valence-electron chi connectivity index (χ2n) is 5.76. The third-order valence-corrected chi connectivity index (χ3v) is 3.98. The molecule has 0 saturated heterocycles. The number of benzene rings is 1. The molecule has 0 saturated carbocycles. The SMILES string of the molecule is C[C@@H](C#Cc1cncnc1)[C@](O)(Cn1cncn1)c1ccc(F)cc1F. The summed E-state index contributed by atoms with van der Waals surface area (Å²) in [6.07, 6.45) is 7.14. The van der Waals surface area contributed by atoms with Crippen molar-refractivity contribution in [2.45, 2.75) is 19.1 Å². The highest BCUT2D eigenvalue weighted by Gasteiger charge is 2.38. The van der Waals surface area contributed by atoms with Crippen molar-refractivity contribution in [3.8, 4) is 11.8 Å². The fourth-order valence-corrected chi connectivity index (χ4v) is 2.53. The second kappa shape index (κ2) is 7.37. The van der Waals surface area contributed by atoms with Crippen LogP contribution in [0.3, 0.4) is 0 Å². The Labute approximate surface area is 148 Å². The van der Waals surface area contributed by atoms with Crippen LogP contribution >= 0.6 is 0 Å². The Morgan fingerprint density at radius 2 is 1.96 bits per heavy atom. The van der Waals surface area contributed by atoms with E-state index in [2.05, 4.69) is 31.9 Å². The maximum Gasteiger partial charge on any atom is 0.137 e. The van der Waals surface area contributed by atoms with Gasteiger partial charge in [0.15, 0.2) is 0 Å². The van der Waals surface area contributed by atoms with Crippen molar-refractivity contribution in [3.63, 3.8) is 0 Å². The number of aliphatic hydroxyl groups is 1. The standard InChI is InChI=1S/C18H15F2N5O/c1-13(2-3-14-7-21-10-22-8-14)18(26,9-25-12-23-11-24-25)16-5-4-15(19)6-17(16)20/h4-8,10-13,26H,9H2,1H3/t13-,18+/m0/s1. The molecule has 132 valence electrons. The number of aromatic nitrogens is 5. The van der Waals surface area contributed by atoms with Gasteiger partial charge in [0, 0.05) is 24.0 Å². The lowest BCUT2D eigenvalue weighted by Crippen LogP contribution is -2.39. The largest absolute Gasteiger partial charge is 0.382 e. The van der Waals surface area contributed by atoms with E-state index in [4.69, 9.17) is 0 Å². The summed E-state index contributed by atoms with van der Waals surface area (Å²) in [5.41, 5.74) is -1.27. The first-order valence-corrected chi connectivity index (χ1v) is 7.76. The molecule has 0 amide bonds. The van der Waals surface area contributed by atoms with Crippen LogP contribution in [0.25, 0.3) is 0 Å². The molecule has 0 fully saturated rings. The molecule has 2 aromatic heterocycles. The van der Waals surface area contributed by atoms with Crippen molar-refractivity contribution in [2.75, 3.05) is 0 Å². The van der Waals surface area contributed by atoms with Crippen LogP contribution in [0.15, 0.2) is 49.6 Å². The molecular formula is C18H15F2N5O. The molecule has 0 aliphatic heterocycles. The average Bonchev–Trinajstić information content (AvgIpc) is 3.13. The first-order valence-electron chi connectivity index (χ1n) is 7.76. The highest BCUT2D eigenvalue weighted by atomic mass is 19.1. The van der Waals surface area contributed by atoms with Gasteiger partial charge < -0.3 is 5.11 Å². The molecule has 0 spiro atoms. The number of nitrogens with zero attached hydrogens (tertiary/aromatic N) is 5. The van der Waals surface area contributed by atoms with Gasteiger partial charge >= 0.3 is 0 Å². The van der Waals surface area contributed by atoms with Crippen LogP contribution in [-0.4, -0.2) is 29.8 Å². The van der Waals surface area contributed by atoms with Crippen LogP contribution in [0, 0.1) is 29.4 Å². The molecule has 3 rings (SSSR count). The lowest BCUT2D eigenvalue weighted by molar-refractivity contribution is -0.0191. The van der Waals surface area contributed by atoms with Crippen molar-refractivity contribution >= 4 is 0 Å². The lowest BCUT2D eigenvalue weighted by atomic mass is 9.82. The molecule has 8 heteroatoms. The average molecular weight is 355 g/mol. The van der Waals surface area contributed by atoms with E-state index in [0.29, 0.717) is 5.56 Å². The molecule has 2 atom stereocenters. The zero-order valence-electron chi connectivity index (χ0n) is 13.8. The van der Waals surface area contributed by atoms with Crippen LogP contribution in [0.4, 0.5) is 8.78 Å². The first-order chi connectivity index (χ1) is 12.5. The molecule has 1 aromatic carbocycles. The summed E-state index contributed by atoms with van der Waals surface area (Å²) in [4.78, 5) is 11.6. The minimum Gasteiger partial charge on any atom is -0.382 e. The van der Waals surface area contributed by atoms with Gasteiger partial charge in [-0.1, -0.05) is 17.9 Å². The zero-order valence-corrected chi connectivity index (χ0v) is 13.8. The van der Waals surface area contributed by atoms with E-state index in [1.165, 1.54) is 42.1 Å². The Morgan fingerprint density at radius 3 is 2.62 bits per heavy atom. The molecule has 2 heterocycles. The summed E-state index contributed by atoms with van der Waals surface area (Å²) < 4.78 is 29.0. The molecular weight excluding hydrogens is 340 g/mol. The number of hydrogen-bond acceptors (Lipinski definition) is 5. The van der Waals surface area contributed by atoms with Crippen LogP contribution in [0.1, 0.15) is 18.1 Å². The fourth-order valence-electron chi connectivity index (χ4n) is 2.53. The summed E-state index contributed by atoms with van der Waals surface area (Å²) in [7, 11) is 0. The van der Waals surface area contributed by atoms with Gasteiger partial charge in [-0.25, -0.2) is 28.4 Å². The van der Waals surface area contributed by atoms with Crippen molar-refractivity contribution < 1.29 is 13.9 Å². The monoisotopic (exact) mass is 355 g/mol. The molecule has 0 bridgehead atoms. The molecule has 3 aromatic rings. The molecule has 1 N–H and O–H groups in total. The summed E-state index contributed by atoms with van der Waals surface area (Å²) in [6, 6.07) is 3.04. The Hall–Kier alpha value is -3.18. The van der Waals surface area contributed by atoms with E-state index in [9.17, 15) is 13.9 Å². The summed E-state index contributed by atoms with van der Waals surface area (Å²) in [6.45, 7) is 1.55. The highest BCUT2D eigenvalue weighted by molar-refractivity contribution is 5.33. The zero-order chi connectivity index (χ0) is 18.6. The predicted molar refractivity (Wildman–Crippen MR) is 88.4 cm³/mol. The van der Waals surface area contributed by atoms with E-state index in [1.54, 1.807) is 6.92 Å². The van der Waals surface area contributed by atoms with E-state index >= 15 is 0 Å². The molecule has 0 aliphatic rings. The maximum absolute atomic E-state index is 14.4. The van der Waals surface area contributed by atoms with Gasteiger partial charge in [0.1, 0.15) is 36.2 Å². The topological polar surface area (TPSA) is 76.7 Å². The Bertz CT molecular complexity index is 937. The Kier molecular flexibility index (Phi) is 5.00. The minimum atomic E-state index is -1.76. The van der Waals surface area contributed by atoms with Gasteiger partial charge in [0.25, 0.3) is 0 Å². The highest BCUT2D eigenvalue weighted by Crippen LogP contribution is 2.33. The third kappa shape index (κ3) is 3.73. The van der Waals surface area contributed by atoms with Gasteiger partial charge in [-0.3, -0.25) is 0 Å². The van der Waals surface area contributed by atoms with Crippen molar-refractivity contribution in [1.82, 2.24) is 24.7 Å². The van der Waals surface area contributed by atoms with Gasteiger partial charge in [-0.2, -0.15) is 5.10 Å². The van der Waals surface area contributed by atoms with Gasteiger partial charge in [-0.15, -0.1) is 0 Å². The van der Waals surface area contributed by atoms with Crippen molar-refractivity contribution in [3.05, 3.63) is 72.3 Å². The number of halogens is 2. The second-order valence-corrected chi connectivity index (χ2v) is 5.76. The smallest absolute Gasteiger partial charge is 0.137 e. The van der Waals surface area contributed by atoms with Crippen LogP contribution in [0.2, 0.25) is 0 Å². The van der Waals surface area contributed by atoms with E-state index < -0.39 is 23.2 Å². The van der Waals surface area contributed by atoms with Crippen LogP contribution in [-0.2, 0) is 12.1 Å². The van der Waals surface area contributed by atoms with E-state index in [-0.39, 0.29) is 12.1 Å². The summed E-state index contributed by atoms with van der Waals surface area (Å²) in [5, 5.41) is 15.2. The van der Waals surface area contributed by atoms with Gasteiger partial charge in [0.05, 0.1) is 18.0 Å². The minimum absolute atomic E-state index is 0.0690. The van der Waals surface area contributed by atoms with Gasteiger partial charge in [0.2, 0.25) is 0 Å². The summed E-state index contributed by atoms with van der Waals surface area (Å²) >= 11 is 0. The van der Waals surface area contributed by atoms with Gasteiger partial charge in [-0.05, 0) is 13.0 Å². The Morgan fingerprint density at radius 1 is 1.19 bits per heavy atom. The molecule has 26 heavy (non-hydrogen) atoms. The Balaban J connectivity index is 2.01. The summed E-state index contributed by atoms with van der Waals surface area (Å²) in [5.74, 6) is 3.44. The number of rotatable bonds is 4. The maximum atomic E-state index is 14.4. The van der Waals surface area contributed by atoms with E-state index in [0.717, 1.165) is 12.1 Å². The normalized spacial score (nSPS) is 14.2. The van der Waals surface area contributed by atoms with E-state index in [1.807, 2.05) is 0 Å². The lowest BCUT2D eigenvalue weighted by Gasteiger charge is -2.32.